The van der Waals surface area contributed by atoms with Crippen LogP contribution in [0.25, 0.3) is 33.3 Å². The molecule has 2 N–H and O–H groups in total. The predicted octanol–water partition coefficient (Wildman–Crippen LogP) is 6.07. The third kappa shape index (κ3) is 4.96. The third-order valence-corrected chi connectivity index (χ3v) is 9.35. The van der Waals surface area contributed by atoms with Crippen LogP contribution < -0.4 is 5.32 Å². The Morgan fingerprint density at radius 1 is 1.06 bits per heavy atom. The SMILES string of the molecule is OCC1CCCN(Cc2ccc(-c3cnc4c(c3)c(-c3ccc5c(c3)CCNC5)cn4SI)cc2)C1. The van der Waals surface area contributed by atoms with Gasteiger partial charge in [-0.25, -0.2) is 4.98 Å². The van der Waals surface area contributed by atoms with Gasteiger partial charge in [0.2, 0.25) is 0 Å². The summed E-state index contributed by atoms with van der Waals surface area (Å²) in [6.07, 6.45) is 7.62. The van der Waals surface area contributed by atoms with Gasteiger partial charge in [-0.1, -0.05) is 42.5 Å². The van der Waals surface area contributed by atoms with Crippen molar-refractivity contribution >= 4 is 41.4 Å². The van der Waals surface area contributed by atoms with Crippen molar-refractivity contribution in [2.75, 3.05) is 26.2 Å². The number of halogens is 1. The van der Waals surface area contributed by atoms with Gasteiger partial charge in [-0.05, 0) is 72.2 Å². The van der Waals surface area contributed by atoms with Crippen molar-refractivity contribution < 1.29 is 5.11 Å². The van der Waals surface area contributed by atoms with E-state index in [-0.39, 0.29) is 0 Å². The van der Waals surface area contributed by atoms with E-state index < -0.39 is 0 Å². The molecule has 1 saturated heterocycles. The molecule has 0 aliphatic carbocycles. The molecule has 4 aromatic rings. The number of aromatic nitrogens is 2. The largest absolute Gasteiger partial charge is 0.396 e. The Labute approximate surface area is 229 Å². The maximum absolute atomic E-state index is 9.54. The van der Waals surface area contributed by atoms with E-state index in [1.807, 2.05) is 6.20 Å². The first-order valence-corrected chi connectivity index (χ1v) is 16.1. The highest BCUT2D eigenvalue weighted by atomic mass is 127. The quantitative estimate of drug-likeness (QED) is 0.260. The summed E-state index contributed by atoms with van der Waals surface area (Å²) in [6.45, 7) is 5.36. The minimum Gasteiger partial charge on any atom is -0.396 e. The fourth-order valence-electron chi connectivity index (χ4n) is 5.67. The molecule has 2 aromatic carbocycles. The van der Waals surface area contributed by atoms with Gasteiger partial charge in [-0.3, -0.25) is 8.87 Å². The molecule has 2 aliphatic rings. The van der Waals surface area contributed by atoms with E-state index in [1.165, 1.54) is 45.2 Å². The van der Waals surface area contributed by atoms with Crippen LogP contribution in [0.2, 0.25) is 0 Å². The number of aliphatic hydroxyl groups is 1. The minimum absolute atomic E-state index is 0.299. The maximum Gasteiger partial charge on any atom is 0.151 e. The monoisotopic (exact) mass is 610 g/mol. The molecule has 4 heterocycles. The van der Waals surface area contributed by atoms with Crippen LogP contribution in [0.3, 0.4) is 0 Å². The normalized spacial score (nSPS) is 18.4. The summed E-state index contributed by atoms with van der Waals surface area (Å²) in [6, 6.07) is 18.1. The summed E-state index contributed by atoms with van der Waals surface area (Å²) in [5.41, 5.74) is 10.0. The van der Waals surface area contributed by atoms with Crippen molar-refractivity contribution in [3.05, 3.63) is 77.6 Å². The molecular weight excluding hydrogens is 579 g/mol. The van der Waals surface area contributed by atoms with Crippen LogP contribution in [0.15, 0.2) is 60.9 Å². The lowest BCUT2D eigenvalue weighted by Gasteiger charge is -2.31. The number of likely N-dealkylation sites (tertiary alicyclic amines) is 1. The van der Waals surface area contributed by atoms with Gasteiger partial charge in [-0.15, -0.1) is 0 Å². The van der Waals surface area contributed by atoms with Crippen LogP contribution in [-0.4, -0.2) is 45.2 Å². The molecular formula is C29H31IN4OS. The molecule has 0 radical (unpaired) electrons. The molecule has 186 valence electrons. The number of fused-ring (bicyclic) bond motifs is 2. The lowest BCUT2D eigenvalue weighted by atomic mass is 9.95. The molecule has 0 amide bonds. The molecule has 6 rings (SSSR count). The Morgan fingerprint density at radius 2 is 1.92 bits per heavy atom. The van der Waals surface area contributed by atoms with Crippen LogP contribution in [0, 0.1) is 5.92 Å². The van der Waals surface area contributed by atoms with Gasteiger partial charge < -0.3 is 10.4 Å². The summed E-state index contributed by atoms with van der Waals surface area (Å²) < 4.78 is 2.16. The van der Waals surface area contributed by atoms with E-state index in [9.17, 15) is 5.11 Å². The predicted molar refractivity (Wildman–Crippen MR) is 158 cm³/mol. The first-order chi connectivity index (χ1) is 17.7. The molecule has 2 aromatic heterocycles. The van der Waals surface area contributed by atoms with Crippen LogP contribution in [0.5, 0.6) is 0 Å². The minimum atomic E-state index is 0.299. The fraction of sp³-hybridized carbons (Fsp3) is 0.345. The number of hydrogen-bond donors (Lipinski definition) is 2. The standard InChI is InChI=1S/C29H31IN4OS/c30-36-34-18-28(24-7-8-25-14-31-10-9-23(25)12-24)27-13-26(15-32-29(27)34)22-5-3-20(4-6-22)16-33-11-1-2-21(17-33)19-35/h3-8,12-13,15,18,21,31,35H,1-2,9-11,14,16-17,19H2. The van der Waals surface area contributed by atoms with E-state index in [0.29, 0.717) is 12.5 Å². The molecule has 1 atom stereocenters. The van der Waals surface area contributed by atoms with Gasteiger partial charge in [0.15, 0.2) is 5.65 Å². The highest BCUT2D eigenvalue weighted by Crippen LogP contribution is 2.37. The number of hydrogen-bond acceptors (Lipinski definition) is 5. The van der Waals surface area contributed by atoms with Crippen molar-refractivity contribution in [2.45, 2.75) is 32.4 Å². The zero-order valence-corrected chi connectivity index (χ0v) is 23.3. The molecule has 0 spiro atoms. The number of nitrogens with zero attached hydrogens (tertiary/aromatic N) is 3. The number of piperidine rings is 1. The van der Waals surface area contributed by atoms with Crippen molar-refractivity contribution in [1.82, 2.24) is 19.2 Å². The first kappa shape index (κ1) is 24.4. The highest BCUT2D eigenvalue weighted by molar-refractivity contribution is 14.2. The van der Waals surface area contributed by atoms with Gasteiger partial charge in [0.25, 0.3) is 0 Å². The molecule has 1 fully saturated rings. The molecule has 0 saturated carbocycles. The molecule has 0 bridgehead atoms. The summed E-state index contributed by atoms with van der Waals surface area (Å²) in [5.74, 6) is 0.421. The summed E-state index contributed by atoms with van der Waals surface area (Å²) >= 11 is 2.33. The zero-order chi connectivity index (χ0) is 24.5. The van der Waals surface area contributed by atoms with E-state index >= 15 is 0 Å². The summed E-state index contributed by atoms with van der Waals surface area (Å²) in [4.78, 5) is 7.36. The Kier molecular flexibility index (Phi) is 7.35. The Balaban J connectivity index is 1.29. The van der Waals surface area contributed by atoms with Crippen molar-refractivity contribution in [3.63, 3.8) is 0 Å². The number of rotatable bonds is 6. The maximum atomic E-state index is 9.54. The molecule has 5 nitrogen and oxygen atoms in total. The van der Waals surface area contributed by atoms with E-state index in [0.717, 1.165) is 56.8 Å². The first-order valence-electron chi connectivity index (χ1n) is 12.8. The number of aliphatic hydroxyl groups excluding tert-OH is 1. The van der Waals surface area contributed by atoms with Crippen LogP contribution in [0.1, 0.15) is 29.5 Å². The lowest BCUT2D eigenvalue weighted by molar-refractivity contribution is 0.116. The number of pyridine rings is 1. The summed E-state index contributed by atoms with van der Waals surface area (Å²) in [7, 11) is 1.66. The third-order valence-electron chi connectivity index (χ3n) is 7.64. The number of benzene rings is 2. The topological polar surface area (TPSA) is 53.3 Å². The van der Waals surface area contributed by atoms with Crippen LogP contribution >= 0.6 is 30.3 Å². The second-order valence-electron chi connectivity index (χ2n) is 10.1. The Morgan fingerprint density at radius 3 is 2.75 bits per heavy atom. The lowest BCUT2D eigenvalue weighted by Crippen LogP contribution is -2.36. The molecule has 7 heteroatoms. The fourth-order valence-corrected chi connectivity index (χ4v) is 6.93. The second kappa shape index (κ2) is 10.8. The van der Waals surface area contributed by atoms with Crippen molar-refractivity contribution in [2.24, 2.45) is 5.92 Å². The van der Waals surface area contributed by atoms with E-state index in [2.05, 4.69) is 90.1 Å². The Hall–Kier alpha value is -1.91. The molecule has 1 unspecified atom stereocenters. The van der Waals surface area contributed by atoms with Gasteiger partial charge in [-0.2, -0.15) is 0 Å². The second-order valence-corrected chi connectivity index (χ2v) is 11.8. The molecule has 2 aliphatic heterocycles. The number of nitrogens with one attached hydrogen (secondary N) is 1. The van der Waals surface area contributed by atoms with Crippen molar-refractivity contribution in [1.29, 1.82) is 0 Å². The van der Waals surface area contributed by atoms with Gasteiger partial charge >= 0.3 is 0 Å². The van der Waals surface area contributed by atoms with Gasteiger partial charge in [0, 0.05) is 85.5 Å². The molecule has 36 heavy (non-hydrogen) atoms. The van der Waals surface area contributed by atoms with Crippen LogP contribution in [-0.2, 0) is 19.5 Å². The summed E-state index contributed by atoms with van der Waals surface area (Å²) in [5, 5.41) is 14.2. The average molecular weight is 611 g/mol. The Bertz CT molecular complexity index is 1370. The highest BCUT2D eigenvalue weighted by Gasteiger charge is 2.19. The van der Waals surface area contributed by atoms with Gasteiger partial charge in [0.05, 0.1) is 0 Å². The average Bonchev–Trinajstić information content (AvgIpc) is 3.31. The smallest absolute Gasteiger partial charge is 0.151 e. The van der Waals surface area contributed by atoms with Crippen LogP contribution in [0.4, 0.5) is 0 Å². The van der Waals surface area contributed by atoms with Crippen molar-refractivity contribution in [3.8, 4) is 22.3 Å². The van der Waals surface area contributed by atoms with Gasteiger partial charge in [0.1, 0.15) is 0 Å². The van der Waals surface area contributed by atoms with E-state index in [4.69, 9.17) is 4.98 Å². The zero-order valence-electron chi connectivity index (χ0n) is 20.3. The van der Waals surface area contributed by atoms with E-state index in [1.54, 1.807) is 9.12 Å².